The Morgan fingerprint density at radius 1 is 1.45 bits per heavy atom. The van der Waals surface area contributed by atoms with Gasteiger partial charge >= 0.3 is 0 Å². The van der Waals surface area contributed by atoms with E-state index in [1.807, 2.05) is 6.92 Å². The molecule has 1 N–H and O–H groups in total. The van der Waals surface area contributed by atoms with Crippen LogP contribution in [0.25, 0.3) is 0 Å². The zero-order valence-corrected chi connectivity index (χ0v) is 13.1. The van der Waals surface area contributed by atoms with Crippen molar-refractivity contribution in [2.24, 2.45) is 0 Å². The molecule has 2 rings (SSSR count). The van der Waals surface area contributed by atoms with E-state index in [1.165, 1.54) is 12.1 Å². The normalized spacial score (nSPS) is 20.3. The van der Waals surface area contributed by atoms with Crippen molar-refractivity contribution < 1.29 is 13.5 Å². The van der Waals surface area contributed by atoms with E-state index in [-0.39, 0.29) is 18.2 Å². The molecule has 1 aromatic rings. The molecule has 0 aliphatic carbocycles. The van der Waals surface area contributed by atoms with Crippen molar-refractivity contribution in [1.29, 1.82) is 0 Å². The van der Waals surface area contributed by atoms with Gasteiger partial charge in [0, 0.05) is 31.2 Å². The van der Waals surface area contributed by atoms with E-state index in [1.54, 1.807) is 0 Å². The van der Waals surface area contributed by atoms with Gasteiger partial charge < -0.3 is 10.1 Å². The van der Waals surface area contributed by atoms with E-state index in [9.17, 15) is 8.78 Å². The van der Waals surface area contributed by atoms with E-state index in [2.05, 4.69) is 26.1 Å². The summed E-state index contributed by atoms with van der Waals surface area (Å²) in [5.74, 6) is -1.02. The molecule has 1 fully saturated rings. The molecule has 1 saturated heterocycles. The van der Waals surface area contributed by atoms with E-state index >= 15 is 0 Å². The van der Waals surface area contributed by atoms with Gasteiger partial charge in [-0.1, -0.05) is 6.92 Å². The van der Waals surface area contributed by atoms with Gasteiger partial charge in [-0.2, -0.15) is 0 Å². The lowest BCUT2D eigenvalue weighted by molar-refractivity contribution is -0.0116. The predicted octanol–water partition coefficient (Wildman–Crippen LogP) is 2.54. The zero-order chi connectivity index (χ0) is 14.5. The highest BCUT2D eigenvalue weighted by Crippen LogP contribution is 2.24. The van der Waals surface area contributed by atoms with Crippen LogP contribution < -0.4 is 5.32 Å². The summed E-state index contributed by atoms with van der Waals surface area (Å²) in [5, 5.41) is 3.26. The summed E-state index contributed by atoms with van der Waals surface area (Å²) in [6, 6.07) is 2.83. The largest absolute Gasteiger partial charge is 0.378 e. The van der Waals surface area contributed by atoms with Crippen molar-refractivity contribution in [3.8, 4) is 0 Å². The average Bonchev–Trinajstić information content (AvgIpc) is 2.46. The second-order valence-electron chi connectivity index (χ2n) is 4.83. The van der Waals surface area contributed by atoms with Gasteiger partial charge in [0.1, 0.15) is 11.6 Å². The lowest BCUT2D eigenvalue weighted by Crippen LogP contribution is -2.50. The SMILES string of the molecule is CCNCC1COCCN1Cc1c(F)ccc(Br)c1F. The predicted molar refractivity (Wildman–Crippen MR) is 77.6 cm³/mol. The molecule has 112 valence electrons. The number of rotatable bonds is 5. The second-order valence-corrected chi connectivity index (χ2v) is 5.68. The third kappa shape index (κ3) is 3.75. The van der Waals surface area contributed by atoms with E-state index in [4.69, 9.17) is 4.74 Å². The van der Waals surface area contributed by atoms with Crippen LogP contribution >= 0.6 is 15.9 Å². The molecule has 1 aliphatic heterocycles. The number of hydrogen-bond acceptors (Lipinski definition) is 3. The number of halogens is 3. The first-order chi connectivity index (χ1) is 9.63. The zero-order valence-electron chi connectivity index (χ0n) is 11.5. The second kappa shape index (κ2) is 7.45. The first kappa shape index (κ1) is 15.8. The van der Waals surface area contributed by atoms with Crippen molar-refractivity contribution in [2.45, 2.75) is 19.5 Å². The van der Waals surface area contributed by atoms with Gasteiger partial charge in [0.05, 0.1) is 17.7 Å². The highest BCUT2D eigenvalue weighted by atomic mass is 79.9. The summed E-state index contributed by atoms with van der Waals surface area (Å²) in [6.07, 6.45) is 0. The van der Waals surface area contributed by atoms with Crippen LogP contribution in [-0.2, 0) is 11.3 Å². The maximum Gasteiger partial charge on any atom is 0.144 e. The third-order valence-electron chi connectivity index (χ3n) is 3.48. The number of likely N-dealkylation sites (N-methyl/N-ethyl adjacent to an activating group) is 1. The molecule has 0 radical (unpaired) electrons. The van der Waals surface area contributed by atoms with E-state index < -0.39 is 11.6 Å². The van der Waals surface area contributed by atoms with Crippen LogP contribution in [0, 0.1) is 11.6 Å². The standard InChI is InChI=1S/C14H19BrF2N2O/c1-2-18-7-10-9-20-6-5-19(10)8-11-13(16)4-3-12(15)14(11)17/h3-4,10,18H,2,5-9H2,1H3. The summed E-state index contributed by atoms with van der Waals surface area (Å²) in [5.41, 5.74) is 0.114. The molecule has 0 aromatic heterocycles. The molecule has 20 heavy (non-hydrogen) atoms. The van der Waals surface area contributed by atoms with Crippen LogP contribution in [0.15, 0.2) is 16.6 Å². The summed E-state index contributed by atoms with van der Waals surface area (Å²) < 4.78 is 33.6. The minimum absolute atomic E-state index is 0.114. The molecule has 1 heterocycles. The number of benzene rings is 1. The molecule has 1 unspecified atom stereocenters. The van der Waals surface area contributed by atoms with Crippen LogP contribution in [0.1, 0.15) is 12.5 Å². The Morgan fingerprint density at radius 3 is 3.00 bits per heavy atom. The van der Waals surface area contributed by atoms with Crippen molar-refractivity contribution in [3.05, 3.63) is 33.8 Å². The number of nitrogens with one attached hydrogen (secondary N) is 1. The molecule has 1 aromatic carbocycles. The van der Waals surface area contributed by atoms with E-state index in [0.717, 1.165) is 13.1 Å². The minimum Gasteiger partial charge on any atom is -0.378 e. The Labute approximate surface area is 126 Å². The average molecular weight is 349 g/mol. The third-order valence-corrected chi connectivity index (χ3v) is 4.09. The van der Waals surface area contributed by atoms with Crippen molar-refractivity contribution in [2.75, 3.05) is 32.8 Å². The van der Waals surface area contributed by atoms with Gasteiger partial charge in [-0.3, -0.25) is 4.90 Å². The smallest absolute Gasteiger partial charge is 0.144 e. The Bertz CT molecular complexity index is 459. The quantitative estimate of drug-likeness (QED) is 0.827. The maximum atomic E-state index is 14.0. The van der Waals surface area contributed by atoms with Gasteiger partial charge in [0.25, 0.3) is 0 Å². The fraction of sp³-hybridized carbons (Fsp3) is 0.571. The number of ether oxygens (including phenoxy) is 1. The van der Waals surface area contributed by atoms with Crippen LogP contribution in [0.4, 0.5) is 8.78 Å². The molecule has 6 heteroatoms. The molecule has 3 nitrogen and oxygen atoms in total. The van der Waals surface area contributed by atoms with Gasteiger partial charge in [0.2, 0.25) is 0 Å². The lowest BCUT2D eigenvalue weighted by atomic mass is 10.1. The van der Waals surface area contributed by atoms with Crippen LogP contribution in [-0.4, -0.2) is 43.8 Å². The summed E-state index contributed by atoms with van der Waals surface area (Å²) >= 11 is 3.10. The molecule has 1 atom stereocenters. The Morgan fingerprint density at radius 2 is 2.25 bits per heavy atom. The monoisotopic (exact) mass is 348 g/mol. The minimum atomic E-state index is -0.515. The van der Waals surface area contributed by atoms with Crippen molar-refractivity contribution >= 4 is 15.9 Å². The van der Waals surface area contributed by atoms with Crippen LogP contribution in [0.3, 0.4) is 0 Å². The maximum absolute atomic E-state index is 14.0. The summed E-state index contributed by atoms with van der Waals surface area (Å²) in [6.45, 7) is 5.78. The molecule has 0 bridgehead atoms. The topological polar surface area (TPSA) is 24.5 Å². The molecular weight excluding hydrogens is 330 g/mol. The fourth-order valence-electron chi connectivity index (χ4n) is 2.31. The lowest BCUT2D eigenvalue weighted by Gasteiger charge is -2.35. The van der Waals surface area contributed by atoms with E-state index in [0.29, 0.717) is 24.2 Å². The van der Waals surface area contributed by atoms with Gasteiger partial charge in [-0.15, -0.1) is 0 Å². The summed E-state index contributed by atoms with van der Waals surface area (Å²) in [7, 11) is 0. The Balaban J connectivity index is 2.12. The van der Waals surface area contributed by atoms with Gasteiger partial charge in [0.15, 0.2) is 0 Å². The first-order valence-corrected chi connectivity index (χ1v) is 7.57. The highest BCUT2D eigenvalue weighted by molar-refractivity contribution is 9.10. The number of hydrogen-bond donors (Lipinski definition) is 1. The fourth-order valence-corrected chi connectivity index (χ4v) is 2.68. The van der Waals surface area contributed by atoms with Crippen LogP contribution in [0.5, 0.6) is 0 Å². The van der Waals surface area contributed by atoms with Gasteiger partial charge in [-0.25, -0.2) is 8.78 Å². The Kier molecular flexibility index (Phi) is 5.89. The Hall–Kier alpha value is -0.560. The highest BCUT2D eigenvalue weighted by Gasteiger charge is 2.25. The van der Waals surface area contributed by atoms with Gasteiger partial charge in [-0.05, 0) is 34.6 Å². The molecule has 1 aliphatic rings. The van der Waals surface area contributed by atoms with Crippen molar-refractivity contribution in [3.63, 3.8) is 0 Å². The van der Waals surface area contributed by atoms with Crippen molar-refractivity contribution in [1.82, 2.24) is 10.2 Å². The first-order valence-electron chi connectivity index (χ1n) is 6.78. The summed E-state index contributed by atoms with van der Waals surface area (Å²) in [4.78, 5) is 2.07. The molecule has 0 spiro atoms. The van der Waals surface area contributed by atoms with Crippen LogP contribution in [0.2, 0.25) is 0 Å². The number of nitrogens with zero attached hydrogens (tertiary/aromatic N) is 1. The molecular formula is C14H19BrF2N2O. The molecule has 0 saturated carbocycles. The number of morpholine rings is 1. The molecule has 0 amide bonds.